The van der Waals surface area contributed by atoms with Crippen molar-refractivity contribution < 1.29 is 4.79 Å². The molecule has 1 unspecified atom stereocenters. The minimum absolute atomic E-state index is 0.218. The van der Waals surface area contributed by atoms with Crippen LogP contribution in [0.2, 0.25) is 0 Å². The summed E-state index contributed by atoms with van der Waals surface area (Å²) in [6, 6.07) is 0.583. The van der Waals surface area contributed by atoms with Crippen LogP contribution in [0.5, 0.6) is 0 Å². The summed E-state index contributed by atoms with van der Waals surface area (Å²) < 4.78 is 0. The Labute approximate surface area is 93.4 Å². The summed E-state index contributed by atoms with van der Waals surface area (Å²) in [5.74, 6) is 0. The van der Waals surface area contributed by atoms with E-state index in [0.717, 1.165) is 25.9 Å². The van der Waals surface area contributed by atoms with Gasteiger partial charge in [-0.15, -0.1) is 0 Å². The molecule has 1 aliphatic rings. The van der Waals surface area contributed by atoms with E-state index in [-0.39, 0.29) is 6.03 Å². The molecule has 1 saturated heterocycles. The molecule has 1 aliphatic heterocycles. The summed E-state index contributed by atoms with van der Waals surface area (Å²) in [6.07, 6.45) is 5.84. The van der Waals surface area contributed by atoms with E-state index in [1.165, 1.54) is 19.3 Å². The van der Waals surface area contributed by atoms with Crippen molar-refractivity contribution in [3.8, 4) is 0 Å². The number of nitrogens with zero attached hydrogens (tertiary/aromatic N) is 2. The van der Waals surface area contributed by atoms with Gasteiger partial charge in [-0.2, -0.15) is 0 Å². The maximum Gasteiger partial charge on any atom is 0.319 e. The van der Waals surface area contributed by atoms with Crippen LogP contribution in [-0.2, 0) is 0 Å². The third-order valence-electron chi connectivity index (χ3n) is 3.30. The first kappa shape index (κ1) is 12.3. The molecule has 1 rings (SSSR count). The van der Waals surface area contributed by atoms with Gasteiger partial charge in [-0.25, -0.2) is 4.79 Å². The summed E-state index contributed by atoms with van der Waals surface area (Å²) >= 11 is 0. The summed E-state index contributed by atoms with van der Waals surface area (Å²) in [5.41, 5.74) is 0. The van der Waals surface area contributed by atoms with Crippen molar-refractivity contribution in [2.45, 2.75) is 52.0 Å². The first-order chi connectivity index (χ1) is 7.16. The first-order valence-corrected chi connectivity index (χ1v) is 6.18. The van der Waals surface area contributed by atoms with Crippen LogP contribution < -0.4 is 0 Å². The minimum atomic E-state index is 0.218. The van der Waals surface area contributed by atoms with Crippen LogP contribution in [0.25, 0.3) is 0 Å². The highest BCUT2D eigenvalue weighted by molar-refractivity contribution is 5.74. The van der Waals surface area contributed by atoms with Crippen molar-refractivity contribution in [3.05, 3.63) is 0 Å². The molecular formula is C12H24N2O. The van der Waals surface area contributed by atoms with Crippen LogP contribution in [0.15, 0.2) is 0 Å². The van der Waals surface area contributed by atoms with E-state index < -0.39 is 0 Å². The summed E-state index contributed by atoms with van der Waals surface area (Å²) in [6.45, 7) is 6.19. The molecule has 1 heterocycles. The van der Waals surface area contributed by atoms with Crippen LogP contribution >= 0.6 is 0 Å². The van der Waals surface area contributed by atoms with Crippen LogP contribution in [0.1, 0.15) is 46.0 Å². The normalized spacial score (nSPS) is 18.7. The van der Waals surface area contributed by atoms with Gasteiger partial charge in [0.05, 0.1) is 0 Å². The average molecular weight is 212 g/mol. The standard InChI is InChI=1S/C12H24N2O/c1-4-8-11(2)13(3)12(15)14-9-6-5-7-10-14/h11H,4-10H2,1-3H3. The number of carbonyl (C=O) groups excluding carboxylic acids is 1. The van der Waals surface area contributed by atoms with Crippen LogP contribution in [0.3, 0.4) is 0 Å². The largest absolute Gasteiger partial charge is 0.325 e. The second-order valence-electron chi connectivity index (χ2n) is 4.58. The Morgan fingerprint density at radius 3 is 2.47 bits per heavy atom. The number of piperidine rings is 1. The second-order valence-corrected chi connectivity index (χ2v) is 4.58. The van der Waals surface area contributed by atoms with E-state index in [2.05, 4.69) is 13.8 Å². The molecular weight excluding hydrogens is 188 g/mol. The van der Waals surface area contributed by atoms with Crippen molar-refractivity contribution in [2.75, 3.05) is 20.1 Å². The topological polar surface area (TPSA) is 23.6 Å². The summed E-state index contributed by atoms with van der Waals surface area (Å²) in [5, 5.41) is 0. The van der Waals surface area contributed by atoms with E-state index in [1.807, 2.05) is 16.8 Å². The maximum absolute atomic E-state index is 12.1. The molecule has 0 radical (unpaired) electrons. The molecule has 15 heavy (non-hydrogen) atoms. The van der Waals surface area contributed by atoms with Crippen molar-refractivity contribution in [3.63, 3.8) is 0 Å². The van der Waals surface area contributed by atoms with Gasteiger partial charge in [0.25, 0.3) is 0 Å². The Morgan fingerprint density at radius 1 is 1.33 bits per heavy atom. The third kappa shape index (κ3) is 3.40. The van der Waals surface area contributed by atoms with Crippen molar-refractivity contribution in [1.82, 2.24) is 9.80 Å². The van der Waals surface area contributed by atoms with Crippen LogP contribution in [0.4, 0.5) is 4.79 Å². The third-order valence-corrected chi connectivity index (χ3v) is 3.30. The molecule has 0 aromatic heterocycles. The Balaban J connectivity index is 2.43. The zero-order valence-electron chi connectivity index (χ0n) is 10.3. The van der Waals surface area contributed by atoms with Crippen molar-refractivity contribution in [2.24, 2.45) is 0 Å². The Kier molecular flexibility index (Phi) is 4.92. The predicted molar refractivity (Wildman–Crippen MR) is 63.0 cm³/mol. The molecule has 3 heteroatoms. The number of rotatable bonds is 3. The van der Waals surface area contributed by atoms with Gasteiger partial charge in [0, 0.05) is 26.2 Å². The number of hydrogen-bond acceptors (Lipinski definition) is 1. The van der Waals surface area contributed by atoms with E-state index in [9.17, 15) is 4.79 Å². The van der Waals surface area contributed by atoms with Gasteiger partial charge in [0.1, 0.15) is 0 Å². The summed E-state index contributed by atoms with van der Waals surface area (Å²) in [4.78, 5) is 16.0. The van der Waals surface area contributed by atoms with Gasteiger partial charge in [0.15, 0.2) is 0 Å². The number of likely N-dealkylation sites (tertiary alicyclic amines) is 1. The van der Waals surface area contributed by atoms with E-state index in [0.29, 0.717) is 6.04 Å². The Morgan fingerprint density at radius 2 is 1.93 bits per heavy atom. The fourth-order valence-electron chi connectivity index (χ4n) is 2.11. The monoisotopic (exact) mass is 212 g/mol. The lowest BCUT2D eigenvalue weighted by Gasteiger charge is -2.34. The zero-order valence-corrected chi connectivity index (χ0v) is 10.3. The molecule has 88 valence electrons. The van der Waals surface area contributed by atoms with Gasteiger partial charge in [-0.05, 0) is 32.6 Å². The smallest absolute Gasteiger partial charge is 0.319 e. The van der Waals surface area contributed by atoms with Crippen molar-refractivity contribution in [1.29, 1.82) is 0 Å². The molecule has 3 nitrogen and oxygen atoms in total. The summed E-state index contributed by atoms with van der Waals surface area (Å²) in [7, 11) is 1.93. The molecule has 0 aromatic rings. The predicted octanol–water partition coefficient (Wildman–Crippen LogP) is 2.71. The number of hydrogen-bond donors (Lipinski definition) is 0. The number of amides is 2. The maximum atomic E-state index is 12.1. The fraction of sp³-hybridized carbons (Fsp3) is 0.917. The highest BCUT2D eigenvalue weighted by atomic mass is 16.2. The van der Waals surface area contributed by atoms with E-state index in [4.69, 9.17) is 0 Å². The second kappa shape index (κ2) is 5.99. The molecule has 0 saturated carbocycles. The highest BCUT2D eigenvalue weighted by Gasteiger charge is 2.22. The van der Waals surface area contributed by atoms with Gasteiger partial charge in [-0.1, -0.05) is 13.3 Å². The van der Waals surface area contributed by atoms with Gasteiger partial charge < -0.3 is 9.80 Å². The lowest BCUT2D eigenvalue weighted by atomic mass is 10.1. The van der Waals surface area contributed by atoms with Gasteiger partial charge >= 0.3 is 6.03 Å². The minimum Gasteiger partial charge on any atom is -0.325 e. The van der Waals surface area contributed by atoms with Crippen molar-refractivity contribution >= 4 is 6.03 Å². The fourth-order valence-corrected chi connectivity index (χ4v) is 2.11. The van der Waals surface area contributed by atoms with E-state index in [1.54, 1.807) is 0 Å². The average Bonchev–Trinajstić information content (AvgIpc) is 2.28. The molecule has 0 spiro atoms. The number of carbonyl (C=O) groups is 1. The Hall–Kier alpha value is -0.730. The Bertz CT molecular complexity index is 200. The quantitative estimate of drug-likeness (QED) is 0.705. The molecule has 2 amide bonds. The van der Waals surface area contributed by atoms with Crippen LogP contribution in [0, 0.1) is 0 Å². The SMILES string of the molecule is CCCC(C)N(C)C(=O)N1CCCCC1. The molecule has 1 fully saturated rings. The highest BCUT2D eigenvalue weighted by Crippen LogP contribution is 2.13. The molecule has 1 atom stereocenters. The molecule has 0 aliphatic carbocycles. The zero-order chi connectivity index (χ0) is 11.3. The van der Waals surface area contributed by atoms with Gasteiger partial charge in [-0.3, -0.25) is 0 Å². The molecule has 0 aromatic carbocycles. The lowest BCUT2D eigenvalue weighted by Crippen LogP contribution is -2.46. The molecule has 0 N–H and O–H groups in total. The lowest BCUT2D eigenvalue weighted by molar-refractivity contribution is 0.138. The number of urea groups is 1. The van der Waals surface area contributed by atoms with E-state index >= 15 is 0 Å². The molecule has 0 bridgehead atoms. The van der Waals surface area contributed by atoms with Crippen LogP contribution in [-0.4, -0.2) is 42.0 Å². The first-order valence-electron chi connectivity index (χ1n) is 6.18. The van der Waals surface area contributed by atoms with Gasteiger partial charge in [0.2, 0.25) is 0 Å².